The Bertz CT molecular complexity index is 926. The van der Waals surface area contributed by atoms with Crippen LogP contribution in [0.5, 0.6) is 0 Å². The number of anilines is 3. The third-order valence-corrected chi connectivity index (χ3v) is 4.60. The van der Waals surface area contributed by atoms with E-state index in [9.17, 15) is 18.0 Å². The Morgan fingerprint density at radius 2 is 1.77 bits per heavy atom. The second-order valence-electron chi connectivity index (χ2n) is 7.88. The summed E-state index contributed by atoms with van der Waals surface area (Å²) in [5.41, 5.74) is -1.15. The number of hydrogen-bond donors (Lipinski definition) is 1. The molecule has 1 saturated heterocycles. The molecule has 31 heavy (non-hydrogen) atoms. The van der Waals surface area contributed by atoms with Gasteiger partial charge in [-0.2, -0.15) is 13.2 Å². The quantitative estimate of drug-likeness (QED) is 0.685. The Hall–Kier alpha value is -2.82. The van der Waals surface area contributed by atoms with E-state index in [-0.39, 0.29) is 12.0 Å². The topological polar surface area (TPSA) is 83.5 Å². The molecule has 2 aromatic heterocycles. The molecular weight excluding hydrogens is 437 g/mol. The van der Waals surface area contributed by atoms with Crippen molar-refractivity contribution in [3.8, 4) is 0 Å². The van der Waals surface area contributed by atoms with Crippen molar-refractivity contribution in [3.63, 3.8) is 0 Å². The number of carbonyl (C=O) groups excluding carboxylic acids is 1. The first-order chi connectivity index (χ1) is 14.4. The Balaban J connectivity index is 1.58. The molecule has 1 fully saturated rings. The number of piperazine rings is 1. The summed E-state index contributed by atoms with van der Waals surface area (Å²) in [6.07, 6.45) is -2.81. The first-order valence-corrected chi connectivity index (χ1v) is 9.86. The van der Waals surface area contributed by atoms with Crippen LogP contribution in [0.4, 0.5) is 35.4 Å². The molecule has 0 bridgehead atoms. The lowest BCUT2D eigenvalue weighted by Gasteiger charge is -2.36. The number of alkyl halides is 3. The van der Waals surface area contributed by atoms with Crippen molar-refractivity contribution >= 4 is 35.1 Å². The van der Waals surface area contributed by atoms with Gasteiger partial charge in [-0.25, -0.2) is 19.7 Å². The van der Waals surface area contributed by atoms with Crippen molar-refractivity contribution in [1.82, 2.24) is 19.9 Å². The van der Waals surface area contributed by atoms with Crippen LogP contribution in [0.15, 0.2) is 24.5 Å². The van der Waals surface area contributed by atoms with Gasteiger partial charge in [-0.05, 0) is 32.9 Å². The van der Waals surface area contributed by atoms with Crippen LogP contribution in [-0.2, 0) is 10.9 Å². The molecule has 0 unspecified atom stereocenters. The highest BCUT2D eigenvalue weighted by Gasteiger charge is 2.34. The SMILES string of the molecule is CC(C)(C)OC(=O)N1CCN(c2ccc(Nc3ncc(C(F)(F)F)c(Cl)n3)cn2)CC1. The molecule has 1 aliphatic heterocycles. The van der Waals surface area contributed by atoms with Gasteiger partial charge in [-0.15, -0.1) is 0 Å². The van der Waals surface area contributed by atoms with Crippen LogP contribution in [0.1, 0.15) is 26.3 Å². The van der Waals surface area contributed by atoms with Crippen molar-refractivity contribution in [3.05, 3.63) is 35.2 Å². The van der Waals surface area contributed by atoms with Crippen LogP contribution in [0.25, 0.3) is 0 Å². The molecule has 0 radical (unpaired) electrons. The van der Waals surface area contributed by atoms with E-state index in [1.807, 2.05) is 25.7 Å². The first-order valence-electron chi connectivity index (χ1n) is 9.48. The summed E-state index contributed by atoms with van der Waals surface area (Å²) in [5, 5.41) is 2.09. The molecule has 1 N–H and O–H groups in total. The number of amides is 1. The summed E-state index contributed by atoms with van der Waals surface area (Å²) in [4.78, 5) is 27.5. The number of halogens is 4. The minimum atomic E-state index is -4.62. The van der Waals surface area contributed by atoms with Crippen LogP contribution in [0.2, 0.25) is 5.15 Å². The van der Waals surface area contributed by atoms with Gasteiger partial charge >= 0.3 is 12.3 Å². The minimum Gasteiger partial charge on any atom is -0.444 e. The van der Waals surface area contributed by atoms with Crippen LogP contribution in [0.3, 0.4) is 0 Å². The summed E-state index contributed by atoms with van der Waals surface area (Å²) in [7, 11) is 0. The Kier molecular flexibility index (Phi) is 6.44. The average molecular weight is 459 g/mol. The maximum atomic E-state index is 12.7. The van der Waals surface area contributed by atoms with Gasteiger partial charge in [0.2, 0.25) is 5.95 Å². The molecule has 8 nitrogen and oxygen atoms in total. The fourth-order valence-electron chi connectivity index (χ4n) is 2.83. The second kappa shape index (κ2) is 8.74. The lowest BCUT2D eigenvalue weighted by molar-refractivity contribution is -0.137. The number of hydrogen-bond acceptors (Lipinski definition) is 7. The molecule has 0 spiro atoms. The van der Waals surface area contributed by atoms with Crippen molar-refractivity contribution < 1.29 is 22.7 Å². The fourth-order valence-corrected chi connectivity index (χ4v) is 3.07. The van der Waals surface area contributed by atoms with Crippen molar-refractivity contribution in [2.75, 3.05) is 36.4 Å². The molecule has 0 atom stereocenters. The number of aromatic nitrogens is 3. The number of carbonyl (C=O) groups is 1. The van der Waals surface area contributed by atoms with Crippen LogP contribution in [-0.4, -0.2) is 57.7 Å². The Morgan fingerprint density at radius 1 is 1.10 bits per heavy atom. The monoisotopic (exact) mass is 458 g/mol. The van der Waals surface area contributed by atoms with Crippen molar-refractivity contribution in [1.29, 1.82) is 0 Å². The molecule has 0 aliphatic carbocycles. The van der Waals surface area contributed by atoms with Gasteiger partial charge in [-0.1, -0.05) is 11.6 Å². The lowest BCUT2D eigenvalue weighted by atomic mass is 10.2. The molecule has 2 aromatic rings. The molecule has 0 aromatic carbocycles. The maximum Gasteiger partial charge on any atom is 0.420 e. The molecule has 12 heteroatoms. The summed E-state index contributed by atoms with van der Waals surface area (Å²) < 4.78 is 43.6. The number of ether oxygens (including phenoxy) is 1. The molecule has 0 saturated carbocycles. The predicted molar refractivity (Wildman–Crippen MR) is 110 cm³/mol. The molecule has 3 heterocycles. The smallest absolute Gasteiger partial charge is 0.420 e. The van der Waals surface area contributed by atoms with E-state index in [1.165, 1.54) is 6.20 Å². The zero-order chi connectivity index (χ0) is 22.8. The number of pyridine rings is 1. The van der Waals surface area contributed by atoms with Crippen LogP contribution in [0, 0.1) is 0 Å². The molecule has 1 amide bonds. The first kappa shape index (κ1) is 22.9. The Morgan fingerprint density at radius 3 is 2.29 bits per heavy atom. The van der Waals surface area contributed by atoms with Gasteiger partial charge in [0.1, 0.15) is 22.1 Å². The van der Waals surface area contributed by atoms with Gasteiger partial charge in [-0.3, -0.25) is 0 Å². The summed E-state index contributed by atoms with van der Waals surface area (Å²) in [5.74, 6) is 0.638. The largest absolute Gasteiger partial charge is 0.444 e. The second-order valence-corrected chi connectivity index (χ2v) is 8.24. The fraction of sp³-hybridized carbons (Fsp3) is 0.474. The zero-order valence-corrected chi connectivity index (χ0v) is 18.0. The standard InChI is InChI=1S/C19H22ClF3N6O2/c1-18(2,3)31-17(30)29-8-6-28(7-9-29)14-5-4-12(10-24-14)26-16-25-11-13(15(20)27-16)19(21,22)23/h4-5,10-11H,6-9H2,1-3H3,(H,25,26,27). The third kappa shape index (κ3) is 6.09. The van der Waals surface area contributed by atoms with Gasteiger partial charge in [0, 0.05) is 32.4 Å². The summed E-state index contributed by atoms with van der Waals surface area (Å²) in [6, 6.07) is 3.47. The van der Waals surface area contributed by atoms with Gasteiger partial charge < -0.3 is 19.9 Å². The van der Waals surface area contributed by atoms with E-state index in [4.69, 9.17) is 16.3 Å². The molecule has 1 aliphatic rings. The van der Waals surface area contributed by atoms with Crippen molar-refractivity contribution in [2.24, 2.45) is 0 Å². The average Bonchev–Trinajstić information content (AvgIpc) is 2.66. The van der Waals surface area contributed by atoms with E-state index in [0.717, 1.165) is 0 Å². The highest BCUT2D eigenvalue weighted by molar-refractivity contribution is 6.30. The van der Waals surface area contributed by atoms with Crippen LogP contribution >= 0.6 is 11.6 Å². The molecule has 168 valence electrons. The van der Waals surface area contributed by atoms with Gasteiger partial charge in [0.15, 0.2) is 0 Å². The molecular formula is C19H22ClF3N6O2. The number of rotatable bonds is 3. The maximum absolute atomic E-state index is 12.7. The van der Waals surface area contributed by atoms with E-state index in [1.54, 1.807) is 17.0 Å². The number of nitrogens with zero attached hydrogens (tertiary/aromatic N) is 5. The van der Waals surface area contributed by atoms with E-state index < -0.39 is 22.5 Å². The van der Waals surface area contributed by atoms with Gasteiger partial charge in [0.25, 0.3) is 0 Å². The van der Waals surface area contributed by atoms with E-state index in [2.05, 4.69) is 20.3 Å². The van der Waals surface area contributed by atoms with Crippen molar-refractivity contribution in [2.45, 2.75) is 32.5 Å². The summed E-state index contributed by atoms with van der Waals surface area (Å²) in [6.45, 7) is 7.68. The van der Waals surface area contributed by atoms with E-state index in [0.29, 0.717) is 43.9 Å². The highest BCUT2D eigenvalue weighted by atomic mass is 35.5. The number of nitrogens with one attached hydrogen (secondary N) is 1. The third-order valence-electron chi connectivity index (χ3n) is 4.31. The molecule has 3 rings (SSSR count). The van der Waals surface area contributed by atoms with E-state index >= 15 is 0 Å². The Labute approximate surface area is 182 Å². The predicted octanol–water partition coefficient (Wildman–Crippen LogP) is 4.34. The lowest BCUT2D eigenvalue weighted by Crippen LogP contribution is -2.50. The normalized spacial score (nSPS) is 15.1. The van der Waals surface area contributed by atoms with Crippen LogP contribution < -0.4 is 10.2 Å². The van der Waals surface area contributed by atoms with Gasteiger partial charge in [0.05, 0.1) is 11.9 Å². The minimum absolute atomic E-state index is 0.0708. The highest BCUT2D eigenvalue weighted by Crippen LogP contribution is 2.33. The zero-order valence-electron chi connectivity index (χ0n) is 17.2. The summed E-state index contributed by atoms with van der Waals surface area (Å²) >= 11 is 5.61.